The first kappa shape index (κ1) is 13.9. The smallest absolute Gasteiger partial charge is 0.137 e. The second-order valence-electron chi connectivity index (χ2n) is 4.15. The summed E-state index contributed by atoms with van der Waals surface area (Å²) in [4.78, 5) is 0. The van der Waals surface area contributed by atoms with Crippen LogP contribution in [0.15, 0.2) is 18.2 Å². The van der Waals surface area contributed by atoms with Crippen molar-refractivity contribution in [3.8, 4) is 17.6 Å². The topological polar surface area (TPSA) is 9.23 Å². The van der Waals surface area contributed by atoms with Gasteiger partial charge >= 0.3 is 0 Å². The Morgan fingerprint density at radius 1 is 1.35 bits per heavy atom. The number of benzene rings is 1. The van der Waals surface area contributed by atoms with Crippen molar-refractivity contribution in [2.45, 2.75) is 33.1 Å². The average Bonchev–Trinajstić information content (AvgIpc) is 2.34. The molecule has 0 heterocycles. The van der Waals surface area contributed by atoms with Crippen molar-refractivity contribution in [2.75, 3.05) is 7.11 Å². The minimum Gasteiger partial charge on any atom is -0.495 e. The van der Waals surface area contributed by atoms with Crippen LogP contribution in [0.3, 0.4) is 0 Å². The van der Waals surface area contributed by atoms with E-state index in [0.717, 1.165) is 12.2 Å². The predicted octanol–water partition coefficient (Wildman–Crippen LogP) is 4.50. The van der Waals surface area contributed by atoms with E-state index in [9.17, 15) is 0 Å². The van der Waals surface area contributed by atoms with E-state index >= 15 is 0 Å². The zero-order chi connectivity index (χ0) is 12.8. The third-order valence-electron chi connectivity index (χ3n) is 2.96. The second-order valence-corrected chi connectivity index (χ2v) is 4.55. The molecule has 0 N–H and O–H groups in total. The fourth-order valence-electron chi connectivity index (χ4n) is 1.64. The largest absolute Gasteiger partial charge is 0.495 e. The van der Waals surface area contributed by atoms with Crippen LogP contribution in [-0.2, 0) is 0 Å². The van der Waals surface area contributed by atoms with Gasteiger partial charge in [-0.05, 0) is 23.6 Å². The Kier molecular flexibility index (Phi) is 5.38. The summed E-state index contributed by atoms with van der Waals surface area (Å²) >= 11 is 6.12. The minimum atomic E-state index is 0.333. The van der Waals surface area contributed by atoms with Crippen molar-refractivity contribution in [1.29, 1.82) is 0 Å². The maximum atomic E-state index is 6.12. The molecule has 92 valence electrons. The Balaban J connectivity index is 2.89. The van der Waals surface area contributed by atoms with E-state index in [0.29, 0.717) is 16.9 Å². The lowest BCUT2D eigenvalue weighted by molar-refractivity contribution is 0.414. The molecule has 1 nitrogen and oxygen atoms in total. The molecule has 0 aromatic heterocycles. The van der Waals surface area contributed by atoms with Gasteiger partial charge in [-0.2, -0.15) is 0 Å². The molecular formula is C15H19ClO. The van der Waals surface area contributed by atoms with E-state index in [1.54, 1.807) is 7.11 Å². The van der Waals surface area contributed by atoms with Crippen molar-refractivity contribution in [3.05, 3.63) is 28.8 Å². The molecule has 0 aliphatic carbocycles. The fraction of sp³-hybridized carbons (Fsp3) is 0.467. The maximum Gasteiger partial charge on any atom is 0.137 e. The van der Waals surface area contributed by atoms with Gasteiger partial charge in [-0.15, -0.1) is 5.92 Å². The van der Waals surface area contributed by atoms with Crippen molar-refractivity contribution < 1.29 is 4.74 Å². The summed E-state index contributed by atoms with van der Waals surface area (Å²) in [5.74, 6) is 7.81. The molecule has 0 amide bonds. The van der Waals surface area contributed by atoms with Gasteiger partial charge < -0.3 is 4.74 Å². The summed E-state index contributed by atoms with van der Waals surface area (Å²) in [7, 11) is 1.62. The molecule has 1 rings (SSSR count). The Morgan fingerprint density at radius 3 is 2.59 bits per heavy atom. The number of halogens is 1. The molecule has 2 atom stereocenters. The Morgan fingerprint density at radius 2 is 2.06 bits per heavy atom. The summed E-state index contributed by atoms with van der Waals surface area (Å²) in [5.41, 5.74) is 1.20. The van der Waals surface area contributed by atoms with E-state index in [-0.39, 0.29) is 0 Å². The molecule has 0 saturated heterocycles. The van der Waals surface area contributed by atoms with Gasteiger partial charge in [0.25, 0.3) is 0 Å². The van der Waals surface area contributed by atoms with E-state index in [1.807, 2.05) is 12.1 Å². The quantitative estimate of drug-likeness (QED) is 0.718. The molecule has 0 bridgehead atoms. The highest BCUT2D eigenvalue weighted by Crippen LogP contribution is 2.31. The normalized spacial score (nSPS) is 13.5. The molecule has 2 unspecified atom stereocenters. The number of hydrogen-bond donors (Lipinski definition) is 0. The van der Waals surface area contributed by atoms with Gasteiger partial charge in [-0.1, -0.05) is 44.4 Å². The van der Waals surface area contributed by atoms with Gasteiger partial charge in [0.15, 0.2) is 0 Å². The van der Waals surface area contributed by atoms with E-state index in [1.165, 1.54) is 5.56 Å². The van der Waals surface area contributed by atoms with E-state index in [4.69, 9.17) is 16.3 Å². The first-order chi connectivity index (χ1) is 8.10. The van der Waals surface area contributed by atoms with Crippen LogP contribution in [0.5, 0.6) is 5.75 Å². The SMILES string of the molecule is CCC#CC(C)C(C)c1ccc(OC)c(Cl)c1. The highest BCUT2D eigenvalue weighted by atomic mass is 35.5. The molecule has 0 radical (unpaired) electrons. The molecule has 0 spiro atoms. The second kappa shape index (κ2) is 6.57. The third kappa shape index (κ3) is 3.68. The van der Waals surface area contributed by atoms with Gasteiger partial charge in [-0.25, -0.2) is 0 Å². The Labute approximate surface area is 109 Å². The fourth-order valence-corrected chi connectivity index (χ4v) is 1.91. The van der Waals surface area contributed by atoms with Crippen molar-refractivity contribution in [1.82, 2.24) is 0 Å². The van der Waals surface area contributed by atoms with Crippen LogP contribution in [0.4, 0.5) is 0 Å². The van der Waals surface area contributed by atoms with Gasteiger partial charge in [0.05, 0.1) is 12.1 Å². The van der Waals surface area contributed by atoms with Crippen LogP contribution in [-0.4, -0.2) is 7.11 Å². The van der Waals surface area contributed by atoms with Gasteiger partial charge in [0, 0.05) is 12.3 Å². The summed E-state index contributed by atoms with van der Waals surface area (Å²) in [6.07, 6.45) is 0.903. The summed E-state index contributed by atoms with van der Waals surface area (Å²) in [6, 6.07) is 5.93. The van der Waals surface area contributed by atoms with Gasteiger partial charge in [0.1, 0.15) is 5.75 Å². The zero-order valence-corrected chi connectivity index (χ0v) is 11.6. The van der Waals surface area contributed by atoms with Crippen LogP contribution in [0.25, 0.3) is 0 Å². The van der Waals surface area contributed by atoms with Crippen LogP contribution in [0.1, 0.15) is 38.7 Å². The van der Waals surface area contributed by atoms with Crippen LogP contribution < -0.4 is 4.74 Å². The molecule has 1 aromatic rings. The van der Waals surface area contributed by atoms with Crippen molar-refractivity contribution in [2.24, 2.45) is 5.92 Å². The standard InChI is InChI=1S/C15H19ClO/c1-5-6-7-11(2)12(3)13-8-9-15(17-4)14(16)10-13/h8-12H,5H2,1-4H3. The van der Waals surface area contributed by atoms with Gasteiger partial charge in [-0.3, -0.25) is 0 Å². The van der Waals surface area contributed by atoms with Crippen molar-refractivity contribution >= 4 is 11.6 Å². The molecule has 1 aromatic carbocycles. The third-order valence-corrected chi connectivity index (χ3v) is 3.25. The molecular weight excluding hydrogens is 232 g/mol. The molecule has 2 heteroatoms. The maximum absolute atomic E-state index is 6.12. The summed E-state index contributed by atoms with van der Waals surface area (Å²) in [6.45, 7) is 6.38. The highest BCUT2D eigenvalue weighted by Gasteiger charge is 2.13. The molecule has 0 saturated carbocycles. The first-order valence-electron chi connectivity index (χ1n) is 5.92. The monoisotopic (exact) mass is 250 g/mol. The van der Waals surface area contributed by atoms with Gasteiger partial charge in [0.2, 0.25) is 0 Å². The number of ether oxygens (including phenoxy) is 1. The van der Waals surface area contributed by atoms with Crippen LogP contribution >= 0.6 is 11.6 Å². The number of hydrogen-bond acceptors (Lipinski definition) is 1. The van der Waals surface area contributed by atoms with Crippen molar-refractivity contribution in [3.63, 3.8) is 0 Å². The number of rotatable bonds is 3. The molecule has 0 aliphatic rings. The lowest BCUT2D eigenvalue weighted by Crippen LogP contribution is -2.04. The average molecular weight is 251 g/mol. The van der Waals surface area contributed by atoms with Crippen LogP contribution in [0.2, 0.25) is 5.02 Å². The summed E-state index contributed by atoms with van der Waals surface area (Å²) in [5, 5.41) is 0.660. The minimum absolute atomic E-state index is 0.333. The molecule has 17 heavy (non-hydrogen) atoms. The Bertz CT molecular complexity index is 428. The summed E-state index contributed by atoms with van der Waals surface area (Å²) < 4.78 is 5.15. The molecule has 0 aliphatic heterocycles. The lowest BCUT2D eigenvalue weighted by Gasteiger charge is -2.16. The lowest BCUT2D eigenvalue weighted by atomic mass is 9.89. The zero-order valence-electron chi connectivity index (χ0n) is 10.9. The van der Waals surface area contributed by atoms with Crippen LogP contribution in [0, 0.1) is 17.8 Å². The van der Waals surface area contributed by atoms with E-state index < -0.39 is 0 Å². The highest BCUT2D eigenvalue weighted by molar-refractivity contribution is 6.32. The molecule has 0 fully saturated rings. The Hall–Kier alpha value is -1.13. The predicted molar refractivity (Wildman–Crippen MR) is 73.7 cm³/mol. The number of methoxy groups -OCH3 is 1. The van der Waals surface area contributed by atoms with E-state index in [2.05, 4.69) is 38.7 Å². The first-order valence-corrected chi connectivity index (χ1v) is 6.29.